The molecule has 27 heavy (non-hydrogen) atoms. The minimum Gasteiger partial charge on any atom is -0.497 e. The Morgan fingerprint density at radius 2 is 1.93 bits per heavy atom. The summed E-state index contributed by atoms with van der Waals surface area (Å²) >= 11 is 0. The van der Waals surface area contributed by atoms with Gasteiger partial charge in [-0.25, -0.2) is 0 Å². The number of rotatable bonds is 1. The average Bonchev–Trinajstić information content (AvgIpc) is 2.90. The summed E-state index contributed by atoms with van der Waals surface area (Å²) in [5.41, 5.74) is 5.67. The molecule has 1 aromatic rings. The highest BCUT2D eigenvalue weighted by atomic mass is 28.3. The van der Waals surface area contributed by atoms with Crippen molar-refractivity contribution < 1.29 is 9.84 Å². The molecule has 1 aromatic carbocycles. The molecule has 2 fully saturated rings. The molecule has 5 atom stereocenters. The minimum atomic E-state index is -1.49. The average molecular weight is 383 g/mol. The van der Waals surface area contributed by atoms with Gasteiger partial charge in [-0.3, -0.25) is 0 Å². The van der Waals surface area contributed by atoms with Crippen LogP contribution in [0.3, 0.4) is 0 Å². The summed E-state index contributed by atoms with van der Waals surface area (Å²) in [5.74, 6) is 6.32. The van der Waals surface area contributed by atoms with Gasteiger partial charge in [-0.15, -0.1) is 5.54 Å². The van der Waals surface area contributed by atoms with Gasteiger partial charge < -0.3 is 9.84 Å². The van der Waals surface area contributed by atoms with Crippen LogP contribution in [0.5, 0.6) is 5.75 Å². The van der Waals surface area contributed by atoms with Gasteiger partial charge in [0.05, 0.1) is 7.11 Å². The number of ether oxygens (including phenoxy) is 1. The van der Waals surface area contributed by atoms with E-state index in [4.69, 9.17) is 4.74 Å². The van der Waals surface area contributed by atoms with Crippen molar-refractivity contribution in [3.8, 4) is 17.2 Å². The van der Waals surface area contributed by atoms with Gasteiger partial charge in [-0.1, -0.05) is 38.6 Å². The zero-order valence-corrected chi connectivity index (χ0v) is 18.6. The Kier molecular flexibility index (Phi) is 4.52. The van der Waals surface area contributed by atoms with Crippen LogP contribution >= 0.6 is 0 Å². The maximum atomic E-state index is 11.6. The van der Waals surface area contributed by atoms with E-state index in [2.05, 4.69) is 56.2 Å². The van der Waals surface area contributed by atoms with Crippen LogP contribution in [-0.2, 0) is 6.42 Å². The number of aliphatic hydroxyl groups is 1. The lowest BCUT2D eigenvalue weighted by atomic mass is 9.53. The monoisotopic (exact) mass is 382 g/mol. The Bertz CT molecular complexity index is 799. The van der Waals surface area contributed by atoms with Crippen molar-refractivity contribution in [1.29, 1.82) is 0 Å². The first-order valence-electron chi connectivity index (χ1n) is 10.6. The van der Waals surface area contributed by atoms with Crippen LogP contribution in [0.4, 0.5) is 0 Å². The quantitative estimate of drug-likeness (QED) is 0.537. The van der Waals surface area contributed by atoms with Crippen molar-refractivity contribution in [2.75, 3.05) is 7.11 Å². The van der Waals surface area contributed by atoms with Gasteiger partial charge in [-0.2, -0.15) is 0 Å². The topological polar surface area (TPSA) is 29.5 Å². The van der Waals surface area contributed by atoms with Crippen LogP contribution in [0, 0.1) is 28.7 Å². The van der Waals surface area contributed by atoms with E-state index in [1.54, 1.807) is 7.11 Å². The molecule has 0 aromatic heterocycles. The maximum absolute atomic E-state index is 11.6. The first-order chi connectivity index (χ1) is 12.7. The molecular formula is C24H34O2Si. The van der Waals surface area contributed by atoms with Crippen molar-refractivity contribution >= 4 is 8.07 Å². The van der Waals surface area contributed by atoms with Crippen molar-refractivity contribution in [1.82, 2.24) is 0 Å². The van der Waals surface area contributed by atoms with E-state index in [0.717, 1.165) is 31.4 Å². The summed E-state index contributed by atoms with van der Waals surface area (Å²) in [6.45, 7) is 9.13. The molecule has 2 saturated carbocycles. The first kappa shape index (κ1) is 19.1. The highest BCUT2D eigenvalue weighted by molar-refractivity contribution is 6.83. The molecule has 0 spiro atoms. The van der Waals surface area contributed by atoms with E-state index in [0.29, 0.717) is 17.8 Å². The van der Waals surface area contributed by atoms with Gasteiger partial charge in [0.25, 0.3) is 0 Å². The van der Waals surface area contributed by atoms with Gasteiger partial charge in [-0.05, 0) is 79.5 Å². The Hall–Kier alpha value is -1.24. The van der Waals surface area contributed by atoms with E-state index < -0.39 is 13.7 Å². The van der Waals surface area contributed by atoms with Crippen LogP contribution in [0.25, 0.3) is 0 Å². The molecule has 3 aliphatic rings. The molecule has 1 N–H and O–H groups in total. The third kappa shape index (κ3) is 3.06. The second-order valence-corrected chi connectivity index (χ2v) is 15.1. The molecule has 0 saturated heterocycles. The minimum absolute atomic E-state index is 0.0508. The van der Waals surface area contributed by atoms with E-state index in [1.165, 1.54) is 24.0 Å². The van der Waals surface area contributed by atoms with E-state index in [1.807, 2.05) is 0 Å². The van der Waals surface area contributed by atoms with Gasteiger partial charge in [0.15, 0.2) is 0 Å². The molecule has 0 amide bonds. The molecular weight excluding hydrogens is 348 g/mol. The van der Waals surface area contributed by atoms with Crippen LogP contribution in [0.15, 0.2) is 18.2 Å². The normalized spacial score (nSPS) is 37.5. The zero-order valence-electron chi connectivity index (χ0n) is 17.6. The lowest BCUT2D eigenvalue weighted by molar-refractivity contribution is -0.0647. The number of aryl methyl sites for hydroxylation is 1. The van der Waals surface area contributed by atoms with Crippen molar-refractivity contribution in [3.63, 3.8) is 0 Å². The van der Waals surface area contributed by atoms with Crippen molar-refractivity contribution in [3.05, 3.63) is 29.3 Å². The van der Waals surface area contributed by atoms with E-state index in [-0.39, 0.29) is 5.41 Å². The third-order valence-corrected chi connectivity index (χ3v) is 8.60. The molecule has 0 unspecified atom stereocenters. The second kappa shape index (κ2) is 6.39. The fourth-order valence-corrected chi connectivity index (χ4v) is 6.78. The lowest BCUT2D eigenvalue weighted by Crippen LogP contribution is -2.50. The van der Waals surface area contributed by atoms with Crippen molar-refractivity contribution in [2.45, 2.75) is 76.6 Å². The Balaban J connectivity index is 1.65. The van der Waals surface area contributed by atoms with Crippen LogP contribution in [0.1, 0.15) is 56.1 Å². The summed E-state index contributed by atoms with van der Waals surface area (Å²) in [7, 11) is 0.265. The molecule has 0 aliphatic heterocycles. The predicted molar refractivity (Wildman–Crippen MR) is 114 cm³/mol. The van der Waals surface area contributed by atoms with E-state index in [9.17, 15) is 5.11 Å². The van der Waals surface area contributed by atoms with E-state index >= 15 is 0 Å². The molecule has 146 valence electrons. The first-order valence-corrected chi connectivity index (χ1v) is 14.1. The largest absolute Gasteiger partial charge is 0.497 e. The van der Waals surface area contributed by atoms with Crippen LogP contribution in [-0.4, -0.2) is 25.9 Å². The number of methoxy groups -OCH3 is 1. The number of benzene rings is 1. The van der Waals surface area contributed by atoms with Gasteiger partial charge in [0.1, 0.15) is 19.4 Å². The summed E-state index contributed by atoms with van der Waals surface area (Å²) in [6.07, 6.45) is 6.61. The van der Waals surface area contributed by atoms with Crippen molar-refractivity contribution in [2.24, 2.45) is 17.3 Å². The molecule has 0 heterocycles. The molecule has 3 heteroatoms. The van der Waals surface area contributed by atoms with Gasteiger partial charge in [0, 0.05) is 5.41 Å². The standard InChI is InChI=1S/C24H34O2Si/c1-23-12-10-20-19-9-7-18(26-2)16-17(19)6-8-21(20)22(23)11-13-24(23,25)14-15-27(3,4)5/h7,9,16,20-22,25H,6,8,10-13H2,1-5H3/t20-,21-,22+,23+,24-/m1/s1. The number of hydrogen-bond acceptors (Lipinski definition) is 2. The summed E-state index contributed by atoms with van der Waals surface area (Å²) in [5, 5.41) is 11.6. The van der Waals surface area contributed by atoms with Crippen LogP contribution < -0.4 is 4.74 Å². The Morgan fingerprint density at radius 3 is 2.63 bits per heavy atom. The molecule has 4 rings (SSSR count). The lowest BCUT2D eigenvalue weighted by Gasteiger charge is -2.52. The molecule has 0 bridgehead atoms. The smallest absolute Gasteiger partial charge is 0.130 e. The fraction of sp³-hybridized carbons (Fsp3) is 0.667. The highest BCUT2D eigenvalue weighted by Crippen LogP contribution is 2.64. The third-order valence-electron chi connectivity index (χ3n) is 7.73. The summed E-state index contributed by atoms with van der Waals surface area (Å²) in [4.78, 5) is 0. The molecule has 2 nitrogen and oxygen atoms in total. The second-order valence-electron chi connectivity index (χ2n) is 10.3. The molecule has 0 radical (unpaired) electrons. The Morgan fingerprint density at radius 1 is 1.15 bits per heavy atom. The SMILES string of the molecule is COc1ccc2c(c1)CC[C@@H]1[C@@H]2CC[C@@]2(C)[C@H]1CC[C@@]2(O)C#C[Si](C)(C)C. The number of hydrogen-bond donors (Lipinski definition) is 1. The van der Waals surface area contributed by atoms with Gasteiger partial charge in [0.2, 0.25) is 0 Å². The summed E-state index contributed by atoms with van der Waals surface area (Å²) in [6, 6.07) is 6.67. The number of fused-ring (bicyclic) bond motifs is 5. The van der Waals surface area contributed by atoms with Crippen LogP contribution in [0.2, 0.25) is 19.6 Å². The van der Waals surface area contributed by atoms with Gasteiger partial charge >= 0.3 is 0 Å². The fourth-order valence-electron chi connectivity index (χ4n) is 6.20. The summed E-state index contributed by atoms with van der Waals surface area (Å²) < 4.78 is 5.44. The molecule has 3 aliphatic carbocycles. The Labute approximate surface area is 165 Å². The maximum Gasteiger partial charge on any atom is 0.130 e. The zero-order chi connectivity index (χ0) is 19.4. The highest BCUT2D eigenvalue weighted by Gasteiger charge is 2.61. The predicted octanol–water partition coefficient (Wildman–Crippen LogP) is 5.16.